The third-order valence-electron chi connectivity index (χ3n) is 4.85. The third-order valence-corrected chi connectivity index (χ3v) is 4.85. The molecule has 1 aliphatic rings. The molecule has 0 spiro atoms. The Labute approximate surface area is 168 Å². The fourth-order valence-corrected chi connectivity index (χ4v) is 3.69. The van der Waals surface area contributed by atoms with Crippen LogP contribution >= 0.6 is 0 Å². The average molecular weight is 392 g/mol. The van der Waals surface area contributed by atoms with Crippen molar-refractivity contribution in [1.29, 1.82) is 0 Å². The summed E-state index contributed by atoms with van der Waals surface area (Å²) in [6.07, 6.45) is 2.21. The molecule has 0 aromatic heterocycles. The fourth-order valence-electron chi connectivity index (χ4n) is 3.69. The van der Waals surface area contributed by atoms with Gasteiger partial charge in [0.25, 0.3) is 0 Å². The minimum absolute atomic E-state index is 0.0276. The number of carbonyl (C=O) groups excluding carboxylic acids is 2. The maximum Gasteiger partial charge on any atom is 0.413 e. The zero-order valence-electron chi connectivity index (χ0n) is 17.6. The first-order chi connectivity index (χ1) is 13.3. The molecule has 0 saturated carbocycles. The van der Waals surface area contributed by atoms with Gasteiger partial charge in [-0.1, -0.05) is 30.3 Å². The van der Waals surface area contributed by atoms with E-state index >= 15 is 0 Å². The molecule has 2 rings (SSSR count). The molecule has 0 radical (unpaired) electrons. The van der Waals surface area contributed by atoms with Crippen molar-refractivity contribution in [2.24, 2.45) is 5.92 Å². The van der Waals surface area contributed by atoms with Gasteiger partial charge >= 0.3 is 12.1 Å². The minimum atomic E-state index is -0.685. The van der Waals surface area contributed by atoms with Crippen molar-refractivity contribution in [2.45, 2.75) is 71.2 Å². The number of methoxy groups -OCH3 is 1. The van der Waals surface area contributed by atoms with Crippen LogP contribution in [0.5, 0.6) is 0 Å². The van der Waals surface area contributed by atoms with E-state index in [9.17, 15) is 9.59 Å². The molecule has 1 aromatic rings. The van der Waals surface area contributed by atoms with E-state index in [0.717, 1.165) is 19.3 Å². The summed E-state index contributed by atoms with van der Waals surface area (Å²) in [7, 11) is 1.55. The van der Waals surface area contributed by atoms with Crippen LogP contribution in [-0.4, -0.2) is 48.5 Å². The van der Waals surface area contributed by atoms with Crippen molar-refractivity contribution >= 4 is 12.1 Å². The number of hydrogen-bond donors (Lipinski definition) is 0. The minimum Gasteiger partial charge on any atom is -0.464 e. The molecule has 1 aromatic carbocycles. The van der Waals surface area contributed by atoms with Crippen molar-refractivity contribution in [3.63, 3.8) is 0 Å². The Bertz CT molecular complexity index is 640. The van der Waals surface area contributed by atoms with E-state index in [1.165, 1.54) is 10.5 Å². The first kappa shape index (κ1) is 22.2. The Balaban J connectivity index is 2.13. The summed E-state index contributed by atoms with van der Waals surface area (Å²) in [4.78, 5) is 26.9. The zero-order chi connectivity index (χ0) is 20.7. The van der Waals surface area contributed by atoms with Crippen molar-refractivity contribution in [3.8, 4) is 0 Å². The Morgan fingerprint density at radius 1 is 1.18 bits per heavy atom. The van der Waals surface area contributed by atoms with E-state index in [1.807, 2.05) is 18.2 Å². The highest BCUT2D eigenvalue weighted by atomic mass is 16.6. The molecule has 6 heteroatoms. The van der Waals surface area contributed by atoms with Gasteiger partial charge < -0.3 is 14.2 Å². The predicted molar refractivity (Wildman–Crippen MR) is 107 cm³/mol. The van der Waals surface area contributed by atoms with Gasteiger partial charge in [-0.15, -0.1) is 0 Å². The number of aryl methyl sites for hydroxylation is 1. The monoisotopic (exact) mass is 391 g/mol. The van der Waals surface area contributed by atoms with Crippen molar-refractivity contribution in [1.82, 2.24) is 4.90 Å². The smallest absolute Gasteiger partial charge is 0.413 e. The Morgan fingerprint density at radius 3 is 2.43 bits per heavy atom. The van der Waals surface area contributed by atoms with Crippen LogP contribution in [0, 0.1) is 5.92 Å². The van der Waals surface area contributed by atoms with Gasteiger partial charge in [0.05, 0.1) is 6.61 Å². The van der Waals surface area contributed by atoms with Crippen LogP contribution in [0.15, 0.2) is 30.3 Å². The van der Waals surface area contributed by atoms with Crippen LogP contribution in [0.4, 0.5) is 4.79 Å². The molecular formula is C22H33NO5. The molecule has 1 aliphatic heterocycles. The number of carbonyl (C=O) groups is 2. The van der Waals surface area contributed by atoms with E-state index in [4.69, 9.17) is 14.2 Å². The first-order valence-corrected chi connectivity index (χ1v) is 10.0. The lowest BCUT2D eigenvalue weighted by atomic mass is 9.92. The van der Waals surface area contributed by atoms with E-state index in [-0.39, 0.29) is 12.5 Å². The summed E-state index contributed by atoms with van der Waals surface area (Å²) < 4.78 is 16.3. The van der Waals surface area contributed by atoms with Crippen LogP contribution in [0.3, 0.4) is 0 Å². The number of ether oxygens (including phenoxy) is 3. The molecule has 1 fully saturated rings. The van der Waals surface area contributed by atoms with Crippen LogP contribution in [0.25, 0.3) is 0 Å². The quantitative estimate of drug-likeness (QED) is 0.653. The van der Waals surface area contributed by atoms with Gasteiger partial charge in [0, 0.05) is 7.11 Å². The molecule has 0 aliphatic carbocycles. The molecule has 1 heterocycles. The van der Waals surface area contributed by atoms with E-state index in [2.05, 4.69) is 12.1 Å². The molecule has 1 saturated heterocycles. The lowest BCUT2D eigenvalue weighted by Gasteiger charge is -2.31. The lowest BCUT2D eigenvalue weighted by Crippen LogP contribution is -2.49. The Kier molecular flexibility index (Phi) is 7.87. The van der Waals surface area contributed by atoms with Crippen LogP contribution in [0.2, 0.25) is 0 Å². The second-order valence-corrected chi connectivity index (χ2v) is 8.15. The van der Waals surface area contributed by atoms with E-state index < -0.39 is 29.9 Å². The number of amides is 1. The van der Waals surface area contributed by atoms with Crippen molar-refractivity contribution < 1.29 is 23.8 Å². The fraction of sp³-hybridized carbons (Fsp3) is 0.636. The topological polar surface area (TPSA) is 65.1 Å². The molecule has 2 unspecified atom stereocenters. The highest BCUT2D eigenvalue weighted by Crippen LogP contribution is 2.36. The molecule has 156 valence electrons. The highest BCUT2D eigenvalue weighted by Gasteiger charge is 2.49. The second kappa shape index (κ2) is 9.92. The Morgan fingerprint density at radius 2 is 1.86 bits per heavy atom. The number of nitrogens with zero attached hydrogens (tertiary/aromatic N) is 1. The number of benzene rings is 1. The Hall–Kier alpha value is -2.08. The molecule has 1 amide bonds. The summed E-state index contributed by atoms with van der Waals surface area (Å²) in [5, 5.41) is 0. The maximum absolute atomic E-state index is 12.8. The SMILES string of the molecule is CCOC(=O)[C@@H]1C(CCCc2ccccc2)CC(OC)N1C(=O)OC(C)(C)C. The van der Waals surface area contributed by atoms with Gasteiger partial charge in [-0.3, -0.25) is 4.90 Å². The van der Waals surface area contributed by atoms with Crippen LogP contribution in [0.1, 0.15) is 52.5 Å². The number of esters is 1. The van der Waals surface area contributed by atoms with Gasteiger partial charge in [-0.25, -0.2) is 9.59 Å². The molecule has 6 nitrogen and oxygen atoms in total. The summed E-state index contributed by atoms with van der Waals surface area (Å²) in [5.74, 6) is -0.419. The summed E-state index contributed by atoms with van der Waals surface area (Å²) in [6.45, 7) is 7.45. The van der Waals surface area contributed by atoms with Gasteiger partial charge in [0.2, 0.25) is 0 Å². The average Bonchev–Trinajstić information content (AvgIpc) is 3.00. The van der Waals surface area contributed by atoms with Crippen LogP contribution < -0.4 is 0 Å². The molecule has 3 atom stereocenters. The van der Waals surface area contributed by atoms with Crippen LogP contribution in [-0.2, 0) is 25.4 Å². The molecular weight excluding hydrogens is 358 g/mol. The first-order valence-electron chi connectivity index (χ1n) is 10.0. The highest BCUT2D eigenvalue weighted by molar-refractivity contribution is 5.82. The predicted octanol–water partition coefficient (Wildman–Crippen LogP) is 4.17. The van der Waals surface area contributed by atoms with Crippen molar-refractivity contribution in [2.75, 3.05) is 13.7 Å². The van der Waals surface area contributed by atoms with Gasteiger partial charge in [0.1, 0.15) is 17.9 Å². The molecule has 0 N–H and O–H groups in total. The number of likely N-dealkylation sites (tertiary alicyclic amines) is 1. The number of hydrogen-bond acceptors (Lipinski definition) is 5. The van der Waals surface area contributed by atoms with E-state index in [1.54, 1.807) is 34.8 Å². The number of rotatable bonds is 7. The second-order valence-electron chi connectivity index (χ2n) is 8.15. The maximum atomic E-state index is 12.8. The summed E-state index contributed by atoms with van der Waals surface area (Å²) in [6, 6.07) is 9.56. The zero-order valence-corrected chi connectivity index (χ0v) is 17.6. The normalized spacial score (nSPS) is 22.2. The third kappa shape index (κ3) is 5.96. The van der Waals surface area contributed by atoms with Gasteiger partial charge in [-0.05, 0) is 64.9 Å². The van der Waals surface area contributed by atoms with Crippen molar-refractivity contribution in [3.05, 3.63) is 35.9 Å². The lowest BCUT2D eigenvalue weighted by molar-refractivity contribution is -0.152. The van der Waals surface area contributed by atoms with Gasteiger partial charge in [0.15, 0.2) is 0 Å². The molecule has 0 bridgehead atoms. The van der Waals surface area contributed by atoms with Gasteiger partial charge in [-0.2, -0.15) is 0 Å². The standard InChI is InChI=1S/C22H33NO5/c1-6-27-20(24)19-17(14-10-13-16-11-8-7-9-12-16)15-18(26-5)23(19)21(25)28-22(2,3)4/h7-9,11-12,17-19H,6,10,13-15H2,1-5H3/t17?,18?,19-/m0/s1. The van der Waals surface area contributed by atoms with E-state index in [0.29, 0.717) is 6.42 Å². The largest absolute Gasteiger partial charge is 0.464 e. The summed E-state index contributed by atoms with van der Waals surface area (Å²) >= 11 is 0. The summed E-state index contributed by atoms with van der Waals surface area (Å²) in [5.41, 5.74) is 0.612. The molecule has 28 heavy (non-hydrogen) atoms.